The first kappa shape index (κ1) is 24.6. The highest BCUT2D eigenvalue weighted by Crippen LogP contribution is 2.31. The number of piperazine rings is 1. The van der Waals surface area contributed by atoms with Crippen molar-refractivity contribution in [1.29, 1.82) is 0 Å². The van der Waals surface area contributed by atoms with Gasteiger partial charge in [-0.15, -0.1) is 0 Å². The molecule has 2 unspecified atom stereocenters. The van der Waals surface area contributed by atoms with E-state index in [1.807, 2.05) is 19.1 Å². The van der Waals surface area contributed by atoms with Crippen LogP contribution < -0.4 is 9.64 Å². The largest absolute Gasteiger partial charge is 0.495 e. The van der Waals surface area contributed by atoms with E-state index in [1.54, 1.807) is 7.11 Å². The molecule has 0 spiro atoms. The lowest BCUT2D eigenvalue weighted by molar-refractivity contribution is -0.143. The quantitative estimate of drug-likeness (QED) is 0.521. The minimum absolute atomic E-state index is 0.0672. The molecule has 0 amide bonds. The number of para-hydroxylation sites is 2. The number of rotatable bonds is 9. The fraction of sp³-hybridized carbons (Fsp3) is 0.536. The Kier molecular flexibility index (Phi) is 8.83. The van der Waals surface area contributed by atoms with Crippen molar-refractivity contribution in [3.8, 4) is 5.75 Å². The van der Waals surface area contributed by atoms with Crippen LogP contribution in [-0.4, -0.2) is 74.8 Å². The number of carbonyl (C=O) groups is 1. The minimum Gasteiger partial charge on any atom is -0.495 e. The van der Waals surface area contributed by atoms with Crippen LogP contribution in [0.1, 0.15) is 31.7 Å². The van der Waals surface area contributed by atoms with Crippen LogP contribution in [0.2, 0.25) is 0 Å². The lowest BCUT2D eigenvalue weighted by Gasteiger charge is -2.47. The third kappa shape index (κ3) is 6.30. The van der Waals surface area contributed by atoms with Crippen LogP contribution in [0.4, 0.5) is 5.69 Å². The van der Waals surface area contributed by atoms with Gasteiger partial charge >= 0.3 is 5.97 Å². The smallest absolute Gasteiger partial charge is 0.305 e. The van der Waals surface area contributed by atoms with Gasteiger partial charge in [0.1, 0.15) is 5.75 Å². The van der Waals surface area contributed by atoms with Gasteiger partial charge in [-0.1, -0.05) is 42.5 Å². The lowest BCUT2D eigenvalue weighted by atomic mass is 9.86. The maximum atomic E-state index is 12.1. The van der Waals surface area contributed by atoms with E-state index in [1.165, 1.54) is 11.3 Å². The highest BCUT2D eigenvalue weighted by atomic mass is 16.5. The number of hydrogen-bond acceptors (Lipinski definition) is 6. The Hall–Kier alpha value is -2.57. The normalized spacial score (nSPS) is 21.9. The zero-order chi connectivity index (χ0) is 23.8. The first-order valence-corrected chi connectivity index (χ1v) is 12.7. The van der Waals surface area contributed by atoms with Gasteiger partial charge in [0, 0.05) is 51.7 Å². The summed E-state index contributed by atoms with van der Waals surface area (Å²) in [5.41, 5.74) is 2.54. The molecule has 2 aromatic rings. The molecule has 6 heteroatoms. The van der Waals surface area contributed by atoms with E-state index in [0.29, 0.717) is 25.0 Å². The highest BCUT2D eigenvalue weighted by molar-refractivity contribution is 5.69. The van der Waals surface area contributed by atoms with Crippen molar-refractivity contribution in [3.63, 3.8) is 0 Å². The maximum Gasteiger partial charge on any atom is 0.305 e. The molecule has 2 saturated heterocycles. The topological polar surface area (TPSA) is 45.2 Å². The monoisotopic (exact) mass is 465 g/mol. The van der Waals surface area contributed by atoms with Gasteiger partial charge in [-0.05, 0) is 49.9 Å². The molecule has 0 radical (unpaired) electrons. The standard InChI is InChI=1S/C28H39N3O3/c1-3-34-28(32)14-13-24-22-29(21-23-9-5-4-6-10-23)16-15-25(24)30-17-19-31(20-18-30)26-11-7-8-12-27(26)33-2/h4-12,24-25H,3,13-22H2,1-2H3. The van der Waals surface area contributed by atoms with Crippen molar-refractivity contribution in [1.82, 2.24) is 9.80 Å². The van der Waals surface area contributed by atoms with Crippen molar-refractivity contribution in [2.45, 2.75) is 38.8 Å². The second kappa shape index (κ2) is 12.2. The van der Waals surface area contributed by atoms with E-state index in [4.69, 9.17) is 9.47 Å². The molecule has 2 heterocycles. The minimum atomic E-state index is -0.0672. The summed E-state index contributed by atoms with van der Waals surface area (Å²) >= 11 is 0. The SMILES string of the molecule is CCOC(=O)CCC1CN(Cc2ccccc2)CCC1N1CCN(c2ccccc2OC)CC1. The van der Waals surface area contributed by atoms with Gasteiger partial charge in [0.05, 0.1) is 19.4 Å². The molecular formula is C28H39N3O3. The van der Waals surface area contributed by atoms with E-state index in [0.717, 1.165) is 64.4 Å². The Bertz CT molecular complexity index is 899. The van der Waals surface area contributed by atoms with Crippen LogP contribution in [0.3, 0.4) is 0 Å². The number of ether oxygens (including phenoxy) is 2. The van der Waals surface area contributed by atoms with Gasteiger partial charge in [-0.25, -0.2) is 0 Å². The third-order valence-corrected chi connectivity index (χ3v) is 7.26. The van der Waals surface area contributed by atoms with Gasteiger partial charge in [0.2, 0.25) is 0 Å². The summed E-state index contributed by atoms with van der Waals surface area (Å²) in [4.78, 5) is 19.8. The van der Waals surface area contributed by atoms with E-state index in [-0.39, 0.29) is 5.97 Å². The summed E-state index contributed by atoms with van der Waals surface area (Å²) < 4.78 is 10.8. The number of piperidine rings is 1. The first-order chi connectivity index (χ1) is 16.7. The summed E-state index contributed by atoms with van der Waals surface area (Å²) in [6, 6.07) is 19.5. The molecule has 0 aromatic heterocycles. The molecule has 0 N–H and O–H groups in total. The van der Waals surface area contributed by atoms with Crippen molar-refractivity contribution < 1.29 is 14.3 Å². The summed E-state index contributed by atoms with van der Waals surface area (Å²) in [6.45, 7) is 9.51. The number of anilines is 1. The van der Waals surface area contributed by atoms with Crippen molar-refractivity contribution in [3.05, 3.63) is 60.2 Å². The number of carbonyl (C=O) groups excluding carboxylic acids is 1. The first-order valence-electron chi connectivity index (χ1n) is 12.7. The number of hydrogen-bond donors (Lipinski definition) is 0. The molecular weight excluding hydrogens is 426 g/mol. The molecule has 2 aliphatic heterocycles. The molecule has 2 aromatic carbocycles. The number of benzene rings is 2. The van der Waals surface area contributed by atoms with Crippen LogP contribution >= 0.6 is 0 Å². The van der Waals surface area contributed by atoms with Crippen molar-refractivity contribution >= 4 is 11.7 Å². The third-order valence-electron chi connectivity index (χ3n) is 7.26. The molecule has 0 bridgehead atoms. The van der Waals surface area contributed by atoms with Crippen molar-refractivity contribution in [2.75, 3.05) is 57.9 Å². The molecule has 0 saturated carbocycles. The summed E-state index contributed by atoms with van der Waals surface area (Å²) in [5, 5.41) is 0. The summed E-state index contributed by atoms with van der Waals surface area (Å²) in [5.74, 6) is 1.35. The average molecular weight is 466 g/mol. The molecule has 2 fully saturated rings. The Balaban J connectivity index is 1.39. The Labute approximate surface area is 204 Å². The molecule has 2 aliphatic rings. The number of nitrogens with zero attached hydrogens (tertiary/aromatic N) is 3. The highest BCUT2D eigenvalue weighted by Gasteiger charge is 2.35. The van der Waals surface area contributed by atoms with E-state index < -0.39 is 0 Å². The molecule has 0 aliphatic carbocycles. The summed E-state index contributed by atoms with van der Waals surface area (Å²) in [7, 11) is 1.74. The van der Waals surface area contributed by atoms with Crippen LogP contribution in [0.5, 0.6) is 5.75 Å². The fourth-order valence-electron chi connectivity index (χ4n) is 5.57. The van der Waals surface area contributed by atoms with Crippen LogP contribution in [-0.2, 0) is 16.1 Å². The Morgan fingerprint density at radius 1 is 0.971 bits per heavy atom. The van der Waals surface area contributed by atoms with Crippen LogP contribution in [0.25, 0.3) is 0 Å². The maximum absolute atomic E-state index is 12.1. The molecule has 34 heavy (non-hydrogen) atoms. The second-order valence-corrected chi connectivity index (χ2v) is 9.38. The van der Waals surface area contributed by atoms with Crippen molar-refractivity contribution in [2.24, 2.45) is 5.92 Å². The summed E-state index contributed by atoms with van der Waals surface area (Å²) in [6.07, 6.45) is 2.55. The predicted octanol–water partition coefficient (Wildman–Crippen LogP) is 4.05. The van der Waals surface area contributed by atoms with E-state index in [9.17, 15) is 4.79 Å². The molecule has 184 valence electrons. The van der Waals surface area contributed by atoms with E-state index >= 15 is 0 Å². The van der Waals surface area contributed by atoms with Gasteiger partial charge < -0.3 is 14.4 Å². The Morgan fingerprint density at radius 2 is 1.71 bits per heavy atom. The number of methoxy groups -OCH3 is 1. The second-order valence-electron chi connectivity index (χ2n) is 9.38. The predicted molar refractivity (Wildman–Crippen MR) is 136 cm³/mol. The van der Waals surface area contributed by atoms with Crippen LogP contribution in [0.15, 0.2) is 54.6 Å². The zero-order valence-electron chi connectivity index (χ0n) is 20.7. The van der Waals surface area contributed by atoms with Crippen LogP contribution in [0, 0.1) is 5.92 Å². The average Bonchev–Trinajstić information content (AvgIpc) is 2.88. The lowest BCUT2D eigenvalue weighted by Crippen LogP contribution is -2.56. The molecule has 4 rings (SSSR count). The molecule has 6 nitrogen and oxygen atoms in total. The Morgan fingerprint density at radius 3 is 2.44 bits per heavy atom. The van der Waals surface area contributed by atoms with Gasteiger partial charge in [0.15, 0.2) is 0 Å². The van der Waals surface area contributed by atoms with Gasteiger partial charge in [0.25, 0.3) is 0 Å². The fourth-order valence-corrected chi connectivity index (χ4v) is 5.57. The van der Waals surface area contributed by atoms with E-state index in [2.05, 4.69) is 57.2 Å². The zero-order valence-corrected chi connectivity index (χ0v) is 20.7. The number of esters is 1. The molecule has 2 atom stereocenters. The van der Waals surface area contributed by atoms with Gasteiger partial charge in [-0.3, -0.25) is 14.6 Å². The number of likely N-dealkylation sites (tertiary alicyclic amines) is 1. The van der Waals surface area contributed by atoms with Gasteiger partial charge in [-0.2, -0.15) is 0 Å².